The molecule has 0 aromatic rings. The van der Waals surface area contributed by atoms with Gasteiger partial charge in [-0.1, -0.05) is 45.3 Å². The minimum atomic E-state index is 0.382. The van der Waals surface area contributed by atoms with Crippen LogP contribution in [0.1, 0.15) is 65.2 Å². The molecule has 0 saturated carbocycles. The van der Waals surface area contributed by atoms with E-state index in [0.717, 1.165) is 6.42 Å². The van der Waals surface area contributed by atoms with E-state index in [1.165, 1.54) is 56.5 Å². The first kappa shape index (κ1) is 16.8. The summed E-state index contributed by atoms with van der Waals surface area (Å²) in [6.45, 7) is 4.62. The lowest BCUT2D eigenvalue weighted by atomic mass is 10.0. The summed E-state index contributed by atoms with van der Waals surface area (Å²) in [7, 11) is 0. The summed E-state index contributed by atoms with van der Waals surface area (Å²) in [5.74, 6) is 2.67. The van der Waals surface area contributed by atoms with Gasteiger partial charge in [-0.15, -0.1) is 23.5 Å². The Hall–Kier alpha value is 0.400. The highest BCUT2D eigenvalue weighted by molar-refractivity contribution is 8.18. The maximum Gasteiger partial charge on any atom is 0.0759 e. The molecule has 2 atom stereocenters. The molecular weight excluding hydrogens is 284 g/mol. The average molecular weight is 315 g/mol. The van der Waals surface area contributed by atoms with Crippen molar-refractivity contribution in [1.82, 2.24) is 0 Å². The summed E-state index contributed by atoms with van der Waals surface area (Å²) in [6.07, 6.45) is 15.6. The Morgan fingerprint density at radius 3 is 2.70 bits per heavy atom. The van der Waals surface area contributed by atoms with E-state index in [1.54, 1.807) is 0 Å². The van der Waals surface area contributed by atoms with Crippen LogP contribution < -0.4 is 0 Å². The van der Waals surface area contributed by atoms with Gasteiger partial charge in [0.05, 0.1) is 16.3 Å². The predicted octanol–water partition coefficient (Wildman–Crippen LogP) is 5.65. The molecular formula is C17H30OS2. The van der Waals surface area contributed by atoms with Crippen molar-refractivity contribution < 1.29 is 4.74 Å². The molecule has 3 heteroatoms. The zero-order valence-electron chi connectivity index (χ0n) is 13.1. The van der Waals surface area contributed by atoms with Crippen molar-refractivity contribution in [3.05, 3.63) is 12.2 Å². The third-order valence-corrected chi connectivity index (χ3v) is 7.96. The van der Waals surface area contributed by atoms with E-state index in [9.17, 15) is 0 Å². The maximum absolute atomic E-state index is 6.35. The first-order valence-electron chi connectivity index (χ1n) is 8.38. The van der Waals surface area contributed by atoms with E-state index in [1.807, 2.05) is 0 Å². The molecule has 0 N–H and O–H groups in total. The largest absolute Gasteiger partial charge is 0.371 e. The van der Waals surface area contributed by atoms with Gasteiger partial charge >= 0.3 is 0 Å². The molecule has 2 heterocycles. The van der Waals surface area contributed by atoms with Crippen LogP contribution >= 0.6 is 23.5 Å². The Morgan fingerprint density at radius 2 is 2.00 bits per heavy atom. The molecule has 0 radical (unpaired) electrons. The quantitative estimate of drug-likeness (QED) is 0.444. The van der Waals surface area contributed by atoms with E-state index >= 15 is 0 Å². The molecule has 20 heavy (non-hydrogen) atoms. The SMILES string of the molecule is CCCCC[C@@H]1C=CC[C@H](CC2(CC)SCCCS2)O1. The molecule has 1 fully saturated rings. The first-order chi connectivity index (χ1) is 9.78. The zero-order valence-corrected chi connectivity index (χ0v) is 14.7. The summed E-state index contributed by atoms with van der Waals surface area (Å²) in [6, 6.07) is 0. The zero-order chi connectivity index (χ0) is 14.3. The third-order valence-electron chi connectivity index (χ3n) is 4.31. The van der Waals surface area contributed by atoms with Gasteiger partial charge in [0.25, 0.3) is 0 Å². The lowest BCUT2D eigenvalue weighted by Gasteiger charge is -2.39. The van der Waals surface area contributed by atoms with Crippen molar-refractivity contribution in [1.29, 1.82) is 0 Å². The second-order valence-corrected chi connectivity index (χ2v) is 9.19. The second kappa shape index (κ2) is 8.75. The fourth-order valence-electron chi connectivity index (χ4n) is 3.05. The summed E-state index contributed by atoms with van der Waals surface area (Å²) in [4.78, 5) is 0. The van der Waals surface area contributed by atoms with E-state index in [4.69, 9.17) is 4.74 Å². The molecule has 0 aliphatic carbocycles. The molecule has 0 amide bonds. The summed E-state index contributed by atoms with van der Waals surface area (Å²) < 4.78 is 6.78. The highest BCUT2D eigenvalue weighted by atomic mass is 32.2. The molecule has 116 valence electrons. The molecule has 2 aliphatic heterocycles. The van der Waals surface area contributed by atoms with Gasteiger partial charge in [-0.3, -0.25) is 0 Å². The van der Waals surface area contributed by atoms with Crippen LogP contribution in [0.25, 0.3) is 0 Å². The van der Waals surface area contributed by atoms with Crippen LogP contribution in [0.15, 0.2) is 12.2 Å². The number of ether oxygens (including phenoxy) is 1. The Bertz CT molecular complexity index is 297. The van der Waals surface area contributed by atoms with E-state index in [-0.39, 0.29) is 0 Å². The fourth-order valence-corrected chi connectivity index (χ4v) is 6.40. The van der Waals surface area contributed by atoms with Crippen molar-refractivity contribution in [2.45, 2.75) is 81.5 Å². The first-order valence-corrected chi connectivity index (χ1v) is 10.3. The molecule has 2 rings (SSSR count). The van der Waals surface area contributed by atoms with Crippen molar-refractivity contribution in [3.63, 3.8) is 0 Å². The van der Waals surface area contributed by atoms with Gasteiger partial charge in [-0.05, 0) is 43.6 Å². The molecule has 0 unspecified atom stereocenters. The van der Waals surface area contributed by atoms with Gasteiger partial charge in [0.1, 0.15) is 0 Å². The van der Waals surface area contributed by atoms with Gasteiger partial charge in [-0.2, -0.15) is 0 Å². The molecule has 0 aromatic carbocycles. The lowest BCUT2D eigenvalue weighted by molar-refractivity contribution is -0.00460. The van der Waals surface area contributed by atoms with Gasteiger partial charge < -0.3 is 4.74 Å². The fraction of sp³-hybridized carbons (Fsp3) is 0.882. The Balaban J connectivity index is 1.81. The highest BCUT2D eigenvalue weighted by Crippen LogP contribution is 2.48. The molecule has 1 saturated heterocycles. The van der Waals surface area contributed by atoms with Crippen LogP contribution in [0.3, 0.4) is 0 Å². The van der Waals surface area contributed by atoms with Crippen LogP contribution in [-0.2, 0) is 4.74 Å². The van der Waals surface area contributed by atoms with E-state index < -0.39 is 0 Å². The van der Waals surface area contributed by atoms with Crippen LogP contribution in [0.5, 0.6) is 0 Å². The molecule has 0 spiro atoms. The lowest BCUT2D eigenvalue weighted by Crippen LogP contribution is -2.34. The van der Waals surface area contributed by atoms with Crippen LogP contribution in [0.4, 0.5) is 0 Å². The third kappa shape index (κ3) is 4.99. The minimum absolute atomic E-state index is 0.382. The summed E-state index contributed by atoms with van der Waals surface area (Å²) >= 11 is 4.37. The van der Waals surface area contributed by atoms with Crippen LogP contribution in [-0.4, -0.2) is 27.8 Å². The minimum Gasteiger partial charge on any atom is -0.371 e. The number of hydrogen-bond acceptors (Lipinski definition) is 3. The topological polar surface area (TPSA) is 9.23 Å². The number of unbranched alkanes of at least 4 members (excludes halogenated alkanes) is 2. The number of rotatable bonds is 7. The van der Waals surface area contributed by atoms with Gasteiger partial charge in [0.15, 0.2) is 0 Å². The second-order valence-electron chi connectivity index (χ2n) is 5.98. The Kier molecular flexibility index (Phi) is 7.33. The normalized spacial score (nSPS) is 29.5. The Morgan fingerprint density at radius 1 is 1.20 bits per heavy atom. The smallest absolute Gasteiger partial charge is 0.0759 e. The molecule has 2 aliphatic rings. The standard InChI is InChI=1S/C17H30OS2/c1-3-5-6-9-15-10-7-11-16(18-15)14-17(4-2)19-12-8-13-20-17/h7,10,15-16H,3-6,8-9,11-14H2,1-2H3/t15-,16-/m1/s1. The maximum atomic E-state index is 6.35. The van der Waals surface area contributed by atoms with Gasteiger partial charge in [0.2, 0.25) is 0 Å². The van der Waals surface area contributed by atoms with Crippen LogP contribution in [0, 0.1) is 0 Å². The van der Waals surface area contributed by atoms with Crippen molar-refractivity contribution in [2.75, 3.05) is 11.5 Å². The molecule has 0 aromatic heterocycles. The number of thioether (sulfide) groups is 2. The summed E-state index contributed by atoms with van der Waals surface area (Å²) in [5.41, 5.74) is 0. The molecule has 0 bridgehead atoms. The van der Waals surface area contributed by atoms with E-state index in [2.05, 4.69) is 49.5 Å². The van der Waals surface area contributed by atoms with Gasteiger partial charge in [-0.25, -0.2) is 0 Å². The van der Waals surface area contributed by atoms with Crippen molar-refractivity contribution >= 4 is 23.5 Å². The predicted molar refractivity (Wildman–Crippen MR) is 93.7 cm³/mol. The molecule has 1 nitrogen and oxygen atoms in total. The highest BCUT2D eigenvalue weighted by Gasteiger charge is 2.35. The van der Waals surface area contributed by atoms with Crippen molar-refractivity contribution in [2.24, 2.45) is 0 Å². The van der Waals surface area contributed by atoms with Crippen molar-refractivity contribution in [3.8, 4) is 0 Å². The number of hydrogen-bond donors (Lipinski definition) is 0. The summed E-state index contributed by atoms with van der Waals surface area (Å²) in [5, 5.41) is 0. The van der Waals surface area contributed by atoms with Crippen LogP contribution in [0.2, 0.25) is 0 Å². The van der Waals surface area contributed by atoms with E-state index in [0.29, 0.717) is 16.3 Å². The van der Waals surface area contributed by atoms with Gasteiger partial charge in [0, 0.05) is 0 Å². The average Bonchev–Trinajstić information content (AvgIpc) is 2.49. The Labute approximate surface area is 133 Å². The monoisotopic (exact) mass is 314 g/mol.